The number of amides is 1. The monoisotopic (exact) mass is 245 g/mol. The van der Waals surface area contributed by atoms with Gasteiger partial charge >= 0.3 is 6.09 Å². The lowest BCUT2D eigenvalue weighted by atomic mass is 10.1. The second-order valence-corrected chi connectivity index (χ2v) is 4.22. The summed E-state index contributed by atoms with van der Waals surface area (Å²) in [6, 6.07) is 0. The Balaban J connectivity index is 0.000000325. The molecule has 17 heavy (non-hydrogen) atoms. The van der Waals surface area contributed by atoms with Crippen LogP contribution < -0.4 is 5.73 Å². The second-order valence-electron chi connectivity index (χ2n) is 4.22. The molecule has 100 valence electrons. The van der Waals surface area contributed by atoms with E-state index in [4.69, 9.17) is 15.2 Å². The summed E-state index contributed by atoms with van der Waals surface area (Å²) in [5, 5.41) is 0. The molecule has 1 aliphatic rings. The fourth-order valence-electron chi connectivity index (χ4n) is 1.37. The van der Waals surface area contributed by atoms with E-state index in [0.717, 1.165) is 12.8 Å². The number of ether oxygens (including phenoxy) is 2. The van der Waals surface area contributed by atoms with Crippen LogP contribution in [0.5, 0.6) is 0 Å². The summed E-state index contributed by atoms with van der Waals surface area (Å²) in [7, 11) is 0. The smallest absolute Gasteiger partial charge is 0.404 e. The van der Waals surface area contributed by atoms with Crippen LogP contribution in [-0.4, -0.2) is 31.2 Å². The second kappa shape index (κ2) is 8.98. The molecule has 1 amide bonds. The Morgan fingerprint density at radius 1 is 1.35 bits per heavy atom. The lowest BCUT2D eigenvalue weighted by Crippen LogP contribution is -2.28. The van der Waals surface area contributed by atoms with Gasteiger partial charge in [0.2, 0.25) is 0 Å². The van der Waals surface area contributed by atoms with Crippen molar-refractivity contribution in [2.75, 3.05) is 13.2 Å². The summed E-state index contributed by atoms with van der Waals surface area (Å²) in [5.41, 5.74) is 4.82. The zero-order valence-electron chi connectivity index (χ0n) is 10.9. The molecular weight excluding hydrogens is 222 g/mol. The standard InChI is InChI=1S/C6H11NO3.C6H12O/c7-6(8)10-5-1-3-9-4-2-5;1-4-6(7)5(2)3/h5H,1-4H2,(H2,7,8);5H,4H2,1-3H3. The molecule has 0 radical (unpaired) electrons. The van der Waals surface area contributed by atoms with Gasteiger partial charge in [-0.1, -0.05) is 20.8 Å². The first-order chi connectivity index (χ1) is 7.97. The van der Waals surface area contributed by atoms with Crippen molar-refractivity contribution in [3.8, 4) is 0 Å². The van der Waals surface area contributed by atoms with Crippen LogP contribution in [-0.2, 0) is 14.3 Å². The van der Waals surface area contributed by atoms with Gasteiger partial charge in [0.15, 0.2) is 0 Å². The third-order valence-corrected chi connectivity index (χ3v) is 2.44. The van der Waals surface area contributed by atoms with Crippen molar-refractivity contribution in [2.45, 2.75) is 46.1 Å². The number of hydrogen-bond donors (Lipinski definition) is 1. The van der Waals surface area contributed by atoms with Crippen LogP contribution in [0.4, 0.5) is 4.79 Å². The van der Waals surface area contributed by atoms with Gasteiger partial charge in [-0.15, -0.1) is 0 Å². The number of hydrogen-bond acceptors (Lipinski definition) is 4. The Morgan fingerprint density at radius 3 is 2.18 bits per heavy atom. The van der Waals surface area contributed by atoms with Gasteiger partial charge in [-0.2, -0.15) is 0 Å². The zero-order chi connectivity index (χ0) is 13.3. The largest absolute Gasteiger partial charge is 0.446 e. The van der Waals surface area contributed by atoms with Crippen molar-refractivity contribution in [1.29, 1.82) is 0 Å². The molecule has 0 aromatic rings. The molecule has 0 aliphatic carbocycles. The fourth-order valence-corrected chi connectivity index (χ4v) is 1.37. The van der Waals surface area contributed by atoms with Gasteiger partial charge in [-0.25, -0.2) is 4.79 Å². The van der Waals surface area contributed by atoms with Crippen LogP contribution >= 0.6 is 0 Å². The summed E-state index contributed by atoms with van der Waals surface area (Å²) in [5.74, 6) is 0.574. The fraction of sp³-hybridized carbons (Fsp3) is 0.833. The Hall–Kier alpha value is -1.10. The molecular formula is C12H23NO4. The summed E-state index contributed by atoms with van der Waals surface area (Å²) in [6.45, 7) is 7.07. The van der Waals surface area contributed by atoms with Crippen LogP contribution in [0.2, 0.25) is 0 Å². The van der Waals surface area contributed by atoms with Gasteiger partial charge in [0.05, 0.1) is 13.2 Å². The van der Waals surface area contributed by atoms with Crippen LogP contribution in [0.15, 0.2) is 0 Å². The van der Waals surface area contributed by atoms with Gasteiger partial charge in [0.25, 0.3) is 0 Å². The Bertz CT molecular complexity index is 235. The molecule has 0 spiro atoms. The molecule has 0 unspecified atom stereocenters. The highest BCUT2D eigenvalue weighted by Crippen LogP contribution is 2.09. The quantitative estimate of drug-likeness (QED) is 0.823. The zero-order valence-corrected chi connectivity index (χ0v) is 10.9. The molecule has 5 heteroatoms. The first kappa shape index (κ1) is 15.9. The Labute approximate surface area is 103 Å². The molecule has 5 nitrogen and oxygen atoms in total. The molecule has 0 saturated carbocycles. The average Bonchev–Trinajstić information content (AvgIpc) is 2.29. The molecule has 1 fully saturated rings. The summed E-state index contributed by atoms with van der Waals surface area (Å²) < 4.78 is 9.80. The van der Waals surface area contributed by atoms with E-state index in [1.165, 1.54) is 0 Å². The third-order valence-electron chi connectivity index (χ3n) is 2.44. The van der Waals surface area contributed by atoms with E-state index >= 15 is 0 Å². The molecule has 1 rings (SSSR count). The maximum absolute atomic E-state index is 10.5. The summed E-state index contributed by atoms with van der Waals surface area (Å²) >= 11 is 0. The molecule has 0 aromatic heterocycles. The predicted octanol–water partition coefficient (Wildman–Crippen LogP) is 1.88. The van der Waals surface area contributed by atoms with E-state index in [1.807, 2.05) is 20.8 Å². The van der Waals surface area contributed by atoms with Gasteiger partial charge in [0.1, 0.15) is 11.9 Å². The molecule has 2 N–H and O–H groups in total. The average molecular weight is 245 g/mol. The van der Waals surface area contributed by atoms with Gasteiger partial charge in [0, 0.05) is 25.2 Å². The summed E-state index contributed by atoms with van der Waals surface area (Å²) in [6.07, 6.45) is 1.50. The van der Waals surface area contributed by atoms with Crippen molar-refractivity contribution >= 4 is 11.9 Å². The molecule has 1 heterocycles. The van der Waals surface area contributed by atoms with Crippen LogP contribution in [0, 0.1) is 5.92 Å². The van der Waals surface area contributed by atoms with Gasteiger partial charge < -0.3 is 15.2 Å². The van der Waals surface area contributed by atoms with Crippen molar-refractivity contribution in [3.05, 3.63) is 0 Å². The molecule has 0 atom stereocenters. The van der Waals surface area contributed by atoms with Gasteiger partial charge in [-0.3, -0.25) is 4.79 Å². The van der Waals surface area contributed by atoms with E-state index in [1.54, 1.807) is 0 Å². The van der Waals surface area contributed by atoms with E-state index in [2.05, 4.69) is 0 Å². The first-order valence-electron chi connectivity index (χ1n) is 6.03. The third kappa shape index (κ3) is 8.68. The maximum Gasteiger partial charge on any atom is 0.404 e. The first-order valence-corrected chi connectivity index (χ1v) is 6.03. The number of primary amides is 1. The van der Waals surface area contributed by atoms with E-state index < -0.39 is 6.09 Å². The number of Topliss-reactive ketones (excluding diaryl/α,β-unsaturated/α-hetero) is 1. The lowest BCUT2D eigenvalue weighted by molar-refractivity contribution is -0.121. The normalized spacial score (nSPS) is 16.0. The summed E-state index contributed by atoms with van der Waals surface area (Å²) in [4.78, 5) is 20.7. The topological polar surface area (TPSA) is 78.6 Å². The number of ketones is 1. The van der Waals surface area contributed by atoms with E-state index in [0.29, 0.717) is 25.4 Å². The minimum Gasteiger partial charge on any atom is -0.446 e. The SMILES string of the molecule is CCC(=O)C(C)C.NC(=O)OC1CCOCC1. The number of nitrogens with two attached hydrogens (primary N) is 1. The Morgan fingerprint density at radius 2 is 1.88 bits per heavy atom. The highest BCUT2D eigenvalue weighted by atomic mass is 16.6. The molecule has 1 aliphatic heterocycles. The van der Waals surface area contributed by atoms with Crippen LogP contribution in [0.1, 0.15) is 40.0 Å². The molecule has 0 bridgehead atoms. The van der Waals surface area contributed by atoms with Crippen molar-refractivity contribution in [1.82, 2.24) is 0 Å². The molecule has 1 saturated heterocycles. The number of carbonyl (C=O) groups excluding carboxylic acids is 2. The van der Waals surface area contributed by atoms with E-state index in [-0.39, 0.29) is 12.0 Å². The van der Waals surface area contributed by atoms with Crippen LogP contribution in [0.3, 0.4) is 0 Å². The number of rotatable bonds is 3. The molecule has 0 aromatic carbocycles. The highest BCUT2D eigenvalue weighted by molar-refractivity contribution is 5.79. The predicted molar refractivity (Wildman–Crippen MR) is 64.6 cm³/mol. The van der Waals surface area contributed by atoms with Crippen molar-refractivity contribution in [2.24, 2.45) is 11.7 Å². The Kier molecular flexibility index (Phi) is 8.40. The van der Waals surface area contributed by atoms with Crippen molar-refractivity contribution in [3.63, 3.8) is 0 Å². The van der Waals surface area contributed by atoms with E-state index in [9.17, 15) is 9.59 Å². The minimum absolute atomic E-state index is 0.0220. The maximum atomic E-state index is 10.5. The van der Waals surface area contributed by atoms with Crippen molar-refractivity contribution < 1.29 is 19.1 Å². The van der Waals surface area contributed by atoms with Crippen LogP contribution in [0.25, 0.3) is 0 Å². The minimum atomic E-state index is -0.688. The highest BCUT2D eigenvalue weighted by Gasteiger charge is 2.15. The number of carbonyl (C=O) groups is 2. The lowest BCUT2D eigenvalue weighted by Gasteiger charge is -2.20. The van der Waals surface area contributed by atoms with Gasteiger partial charge in [-0.05, 0) is 0 Å².